The largest absolute Gasteiger partial charge is 0.494 e. The number of anilines is 1. The van der Waals surface area contributed by atoms with Crippen molar-refractivity contribution in [1.82, 2.24) is 5.32 Å². The second-order valence-corrected chi connectivity index (χ2v) is 8.93. The van der Waals surface area contributed by atoms with Gasteiger partial charge in [0.15, 0.2) is 0 Å². The number of rotatable bonds is 7. The Labute approximate surface area is 172 Å². The predicted octanol–water partition coefficient (Wildman–Crippen LogP) is 4.34. The lowest BCUT2D eigenvalue weighted by molar-refractivity contribution is 0.0933. The maximum Gasteiger partial charge on any atom is 0.261 e. The number of hydrogen-bond donors (Lipinski definition) is 2. The van der Waals surface area contributed by atoms with Crippen LogP contribution in [0, 0.1) is 0 Å². The summed E-state index contributed by atoms with van der Waals surface area (Å²) >= 11 is 0. The SMILES string of the molecule is CCOc1ccc(S(=O)(=O)Nc2ccc(C(=O)NC3CCCCCC3)cc2)cc1. The molecular formula is C22H28N2O4S. The molecule has 29 heavy (non-hydrogen) atoms. The third-order valence-corrected chi connectivity index (χ3v) is 6.43. The van der Waals surface area contributed by atoms with Crippen molar-refractivity contribution < 1.29 is 17.9 Å². The molecule has 1 aliphatic rings. The summed E-state index contributed by atoms with van der Waals surface area (Å²) in [6.07, 6.45) is 6.80. The third-order valence-electron chi connectivity index (χ3n) is 5.03. The smallest absolute Gasteiger partial charge is 0.261 e. The van der Waals surface area contributed by atoms with E-state index in [1.807, 2.05) is 6.92 Å². The Hall–Kier alpha value is -2.54. The zero-order valence-electron chi connectivity index (χ0n) is 16.7. The fourth-order valence-electron chi connectivity index (χ4n) is 3.48. The second kappa shape index (κ2) is 9.78. The van der Waals surface area contributed by atoms with Gasteiger partial charge in [0, 0.05) is 17.3 Å². The molecule has 0 aliphatic heterocycles. The highest BCUT2D eigenvalue weighted by atomic mass is 32.2. The van der Waals surface area contributed by atoms with Gasteiger partial charge in [0.05, 0.1) is 11.5 Å². The minimum absolute atomic E-state index is 0.113. The van der Waals surface area contributed by atoms with Gasteiger partial charge in [-0.1, -0.05) is 25.7 Å². The van der Waals surface area contributed by atoms with Gasteiger partial charge in [-0.25, -0.2) is 8.42 Å². The standard InChI is InChI=1S/C22H28N2O4S/c1-2-28-20-13-15-21(16-14-20)29(26,27)24-19-11-9-17(10-12-19)22(25)23-18-7-5-3-4-6-8-18/h9-16,18,24H,2-8H2,1H3,(H,23,25). The van der Waals surface area contributed by atoms with Crippen LogP contribution in [-0.2, 0) is 10.0 Å². The van der Waals surface area contributed by atoms with Crippen LogP contribution in [0.2, 0.25) is 0 Å². The van der Waals surface area contributed by atoms with E-state index in [4.69, 9.17) is 4.74 Å². The van der Waals surface area contributed by atoms with Crippen LogP contribution in [0.5, 0.6) is 5.75 Å². The zero-order valence-corrected chi connectivity index (χ0v) is 17.5. The second-order valence-electron chi connectivity index (χ2n) is 7.25. The van der Waals surface area contributed by atoms with E-state index < -0.39 is 10.0 Å². The summed E-state index contributed by atoms with van der Waals surface area (Å²) in [7, 11) is -3.71. The van der Waals surface area contributed by atoms with Gasteiger partial charge in [0.1, 0.15) is 5.75 Å². The highest BCUT2D eigenvalue weighted by molar-refractivity contribution is 7.92. The van der Waals surface area contributed by atoms with Gasteiger partial charge in [-0.15, -0.1) is 0 Å². The number of sulfonamides is 1. The van der Waals surface area contributed by atoms with E-state index in [-0.39, 0.29) is 16.8 Å². The molecular weight excluding hydrogens is 388 g/mol. The minimum Gasteiger partial charge on any atom is -0.494 e. The molecule has 2 aromatic rings. The molecule has 1 amide bonds. The first-order chi connectivity index (χ1) is 14.0. The van der Waals surface area contributed by atoms with Crippen LogP contribution in [0.25, 0.3) is 0 Å². The number of ether oxygens (including phenoxy) is 1. The van der Waals surface area contributed by atoms with Gasteiger partial charge in [0.25, 0.3) is 15.9 Å². The molecule has 0 aromatic heterocycles. The predicted molar refractivity (Wildman–Crippen MR) is 114 cm³/mol. The molecule has 0 unspecified atom stereocenters. The fraction of sp³-hybridized carbons (Fsp3) is 0.409. The summed E-state index contributed by atoms with van der Waals surface area (Å²) < 4.78 is 33.0. The van der Waals surface area contributed by atoms with Crippen molar-refractivity contribution in [3.8, 4) is 5.75 Å². The lowest BCUT2D eigenvalue weighted by Crippen LogP contribution is -2.34. The zero-order chi connectivity index (χ0) is 20.7. The van der Waals surface area contributed by atoms with E-state index >= 15 is 0 Å². The van der Waals surface area contributed by atoms with Crippen molar-refractivity contribution in [2.45, 2.75) is 56.4 Å². The quantitative estimate of drug-likeness (QED) is 0.658. The van der Waals surface area contributed by atoms with Crippen LogP contribution in [-0.4, -0.2) is 27.0 Å². The third kappa shape index (κ3) is 5.97. The molecule has 156 valence electrons. The first-order valence-corrected chi connectivity index (χ1v) is 11.6. The Kier molecular flexibility index (Phi) is 7.14. The lowest BCUT2D eigenvalue weighted by atomic mass is 10.1. The molecule has 3 rings (SSSR count). The van der Waals surface area contributed by atoms with Crippen molar-refractivity contribution in [3.63, 3.8) is 0 Å². The van der Waals surface area contributed by atoms with Crippen LogP contribution in [0.1, 0.15) is 55.8 Å². The number of amides is 1. The first kappa shape index (κ1) is 21.2. The van der Waals surface area contributed by atoms with E-state index in [1.54, 1.807) is 36.4 Å². The van der Waals surface area contributed by atoms with Gasteiger partial charge < -0.3 is 10.1 Å². The maximum atomic E-state index is 12.6. The Morgan fingerprint density at radius 3 is 2.17 bits per heavy atom. The molecule has 0 saturated heterocycles. The average molecular weight is 417 g/mol. The number of benzene rings is 2. The maximum absolute atomic E-state index is 12.6. The molecule has 2 N–H and O–H groups in total. The van der Waals surface area contributed by atoms with Crippen molar-refractivity contribution in [2.75, 3.05) is 11.3 Å². The summed E-state index contributed by atoms with van der Waals surface area (Å²) in [5, 5.41) is 3.09. The molecule has 0 radical (unpaired) electrons. The molecule has 0 spiro atoms. The first-order valence-electron chi connectivity index (χ1n) is 10.1. The summed E-state index contributed by atoms with van der Waals surface area (Å²) in [6.45, 7) is 2.39. The summed E-state index contributed by atoms with van der Waals surface area (Å²) in [4.78, 5) is 12.6. The number of hydrogen-bond acceptors (Lipinski definition) is 4. The monoisotopic (exact) mass is 416 g/mol. The van der Waals surface area contributed by atoms with E-state index in [0.717, 1.165) is 25.7 Å². The highest BCUT2D eigenvalue weighted by Gasteiger charge is 2.17. The fourth-order valence-corrected chi connectivity index (χ4v) is 4.54. The molecule has 6 nitrogen and oxygen atoms in total. The van der Waals surface area contributed by atoms with Crippen LogP contribution in [0.4, 0.5) is 5.69 Å². The molecule has 7 heteroatoms. The van der Waals surface area contributed by atoms with Crippen molar-refractivity contribution >= 4 is 21.6 Å². The minimum atomic E-state index is -3.71. The van der Waals surface area contributed by atoms with E-state index in [1.165, 1.54) is 25.0 Å². The Bertz CT molecular complexity index is 901. The number of carbonyl (C=O) groups excluding carboxylic acids is 1. The Morgan fingerprint density at radius 1 is 0.966 bits per heavy atom. The van der Waals surface area contributed by atoms with Crippen molar-refractivity contribution in [3.05, 3.63) is 54.1 Å². The van der Waals surface area contributed by atoms with Gasteiger partial charge >= 0.3 is 0 Å². The highest BCUT2D eigenvalue weighted by Crippen LogP contribution is 2.21. The van der Waals surface area contributed by atoms with Crippen LogP contribution >= 0.6 is 0 Å². The van der Waals surface area contributed by atoms with Gasteiger partial charge in [-0.3, -0.25) is 9.52 Å². The van der Waals surface area contributed by atoms with Crippen LogP contribution < -0.4 is 14.8 Å². The molecule has 2 aromatic carbocycles. The molecule has 0 bridgehead atoms. The molecule has 1 saturated carbocycles. The van der Waals surface area contributed by atoms with Crippen molar-refractivity contribution in [1.29, 1.82) is 0 Å². The number of nitrogens with one attached hydrogen (secondary N) is 2. The molecule has 0 heterocycles. The van der Waals surface area contributed by atoms with E-state index in [2.05, 4.69) is 10.0 Å². The van der Waals surface area contributed by atoms with Gasteiger partial charge in [-0.2, -0.15) is 0 Å². The van der Waals surface area contributed by atoms with E-state index in [9.17, 15) is 13.2 Å². The Balaban J connectivity index is 1.62. The summed E-state index contributed by atoms with van der Waals surface area (Å²) in [5.41, 5.74) is 0.933. The number of carbonyl (C=O) groups is 1. The van der Waals surface area contributed by atoms with Crippen molar-refractivity contribution in [2.24, 2.45) is 0 Å². The molecule has 1 fully saturated rings. The Morgan fingerprint density at radius 2 is 1.59 bits per heavy atom. The summed E-state index contributed by atoms with van der Waals surface area (Å²) in [6, 6.07) is 13.0. The molecule has 1 aliphatic carbocycles. The van der Waals surface area contributed by atoms with Crippen LogP contribution in [0.15, 0.2) is 53.4 Å². The topological polar surface area (TPSA) is 84.5 Å². The van der Waals surface area contributed by atoms with E-state index in [0.29, 0.717) is 23.6 Å². The molecule has 0 atom stereocenters. The van der Waals surface area contributed by atoms with Gasteiger partial charge in [-0.05, 0) is 68.3 Å². The van der Waals surface area contributed by atoms with Gasteiger partial charge in [0.2, 0.25) is 0 Å². The average Bonchev–Trinajstić information content (AvgIpc) is 2.97. The normalized spacial score (nSPS) is 15.3. The van der Waals surface area contributed by atoms with Crippen LogP contribution in [0.3, 0.4) is 0 Å². The lowest BCUT2D eigenvalue weighted by Gasteiger charge is -2.16. The summed E-state index contributed by atoms with van der Waals surface area (Å²) in [5.74, 6) is 0.508.